The van der Waals surface area contributed by atoms with Gasteiger partial charge in [0.05, 0.1) is 6.61 Å². The maximum Gasteiger partial charge on any atom is 0.247 e. The molecule has 0 fully saturated rings. The largest absolute Gasteiger partial charge is 0.487 e. The third-order valence-corrected chi connectivity index (χ3v) is 7.69. The molecule has 3 rings (SSSR count). The predicted octanol–water partition coefficient (Wildman–Crippen LogP) is 1.38. The van der Waals surface area contributed by atoms with Crippen LogP contribution in [-0.2, 0) is 21.3 Å². The molecule has 34 heavy (non-hydrogen) atoms. The van der Waals surface area contributed by atoms with E-state index in [9.17, 15) is 13.5 Å². The van der Waals surface area contributed by atoms with Crippen LogP contribution in [0.5, 0.6) is 5.75 Å². The summed E-state index contributed by atoms with van der Waals surface area (Å²) in [5.74, 6) is 5.97. The first-order valence-electron chi connectivity index (χ1n) is 11.1. The number of aliphatic hydroxyl groups excluding tert-OH is 1. The Morgan fingerprint density at radius 2 is 2.09 bits per heavy atom. The van der Waals surface area contributed by atoms with Gasteiger partial charge in [0, 0.05) is 62.2 Å². The molecule has 0 bridgehead atoms. The molecule has 1 aliphatic rings. The number of aliphatic hydroxyl groups is 1. The van der Waals surface area contributed by atoms with Crippen LogP contribution in [0.15, 0.2) is 41.8 Å². The highest BCUT2D eigenvalue weighted by molar-refractivity contribution is 7.89. The molecule has 0 saturated heterocycles. The molecule has 10 heteroatoms. The van der Waals surface area contributed by atoms with E-state index in [-0.39, 0.29) is 42.4 Å². The van der Waals surface area contributed by atoms with E-state index >= 15 is 0 Å². The van der Waals surface area contributed by atoms with E-state index in [1.807, 2.05) is 14.0 Å². The van der Waals surface area contributed by atoms with Crippen molar-refractivity contribution in [3.8, 4) is 17.6 Å². The lowest BCUT2D eigenvalue weighted by Crippen LogP contribution is -2.49. The fourth-order valence-electron chi connectivity index (χ4n) is 3.83. The molecule has 0 amide bonds. The Bertz CT molecular complexity index is 1120. The van der Waals surface area contributed by atoms with Crippen LogP contribution in [0.4, 0.5) is 0 Å². The molecule has 3 atom stereocenters. The smallest absolute Gasteiger partial charge is 0.247 e. The number of hydrogen-bond acceptors (Lipinski definition) is 8. The number of methoxy groups -OCH3 is 1. The minimum atomic E-state index is -3.88. The molecule has 184 valence electrons. The predicted molar refractivity (Wildman–Crippen MR) is 128 cm³/mol. The minimum Gasteiger partial charge on any atom is -0.487 e. The Morgan fingerprint density at radius 1 is 1.35 bits per heavy atom. The second-order valence-electron chi connectivity index (χ2n) is 8.58. The van der Waals surface area contributed by atoms with Gasteiger partial charge in [0.25, 0.3) is 0 Å². The van der Waals surface area contributed by atoms with E-state index in [0.29, 0.717) is 18.7 Å². The number of likely N-dealkylation sites (N-methyl/N-ethyl adjacent to an activating group) is 1. The van der Waals surface area contributed by atoms with Gasteiger partial charge >= 0.3 is 0 Å². The lowest BCUT2D eigenvalue weighted by Gasteiger charge is -2.37. The summed E-state index contributed by atoms with van der Waals surface area (Å²) in [7, 11) is -0.350. The fourth-order valence-corrected chi connectivity index (χ4v) is 5.65. The summed E-state index contributed by atoms with van der Waals surface area (Å²) in [5, 5.41) is 9.77. The monoisotopic (exact) mass is 488 g/mol. The van der Waals surface area contributed by atoms with Crippen LogP contribution in [-0.4, -0.2) is 85.3 Å². The Hall–Kier alpha value is -2.55. The highest BCUT2D eigenvalue weighted by Gasteiger charge is 2.38. The van der Waals surface area contributed by atoms with Crippen LogP contribution >= 0.6 is 0 Å². The van der Waals surface area contributed by atoms with Crippen molar-refractivity contribution in [3.05, 3.63) is 48.0 Å². The number of ether oxygens (including phenoxy) is 2. The molecule has 0 spiro atoms. The number of hydrogen-bond donors (Lipinski definition) is 1. The average molecular weight is 489 g/mol. The Labute approximate surface area is 201 Å². The summed E-state index contributed by atoms with van der Waals surface area (Å²) >= 11 is 0. The zero-order valence-electron chi connectivity index (χ0n) is 20.0. The van der Waals surface area contributed by atoms with Gasteiger partial charge in [-0.15, -0.1) is 0 Å². The average Bonchev–Trinajstić information content (AvgIpc) is 2.81. The maximum atomic E-state index is 13.5. The number of sulfonamides is 1. The summed E-state index contributed by atoms with van der Waals surface area (Å²) in [4.78, 5) is 10.3. The molecule has 9 nitrogen and oxygen atoms in total. The highest BCUT2D eigenvalue weighted by Crippen LogP contribution is 2.34. The molecular formula is C24H32N4O5S. The van der Waals surface area contributed by atoms with Crippen LogP contribution in [0.1, 0.15) is 25.0 Å². The molecular weight excluding hydrogens is 456 g/mol. The van der Waals surface area contributed by atoms with Gasteiger partial charge in [-0.1, -0.05) is 18.8 Å². The third kappa shape index (κ3) is 6.31. The Kier molecular flexibility index (Phi) is 8.99. The van der Waals surface area contributed by atoms with Gasteiger partial charge < -0.3 is 14.6 Å². The van der Waals surface area contributed by atoms with Crippen LogP contribution in [0, 0.1) is 17.8 Å². The van der Waals surface area contributed by atoms with Crippen molar-refractivity contribution in [3.63, 3.8) is 0 Å². The minimum absolute atomic E-state index is 0.0705. The molecule has 1 aromatic heterocycles. The fraction of sp³-hybridized carbons (Fsp3) is 0.500. The van der Waals surface area contributed by atoms with Crippen molar-refractivity contribution in [2.24, 2.45) is 5.92 Å². The topological polar surface area (TPSA) is 105 Å². The number of aromatic nitrogens is 2. The number of fused-ring (bicyclic) bond motifs is 1. The van der Waals surface area contributed by atoms with Crippen LogP contribution < -0.4 is 4.74 Å². The van der Waals surface area contributed by atoms with Crippen molar-refractivity contribution < 1.29 is 23.0 Å². The summed E-state index contributed by atoms with van der Waals surface area (Å²) in [6.07, 6.45) is 4.72. The lowest BCUT2D eigenvalue weighted by atomic mass is 10.0. The molecule has 0 radical (unpaired) electrons. The first-order chi connectivity index (χ1) is 16.3. The molecule has 2 aromatic rings. The SMILES string of the molecule is COCC#Cc1ccc2c(c1)O[C@@H](CN(C)Cc1cncnc1)[C@H](C)CN([C@H](C)CO)S2(=O)=O. The van der Waals surface area contributed by atoms with E-state index in [0.717, 1.165) is 5.56 Å². The van der Waals surface area contributed by atoms with Crippen molar-refractivity contribution >= 4 is 10.0 Å². The molecule has 1 aromatic carbocycles. The molecule has 0 saturated carbocycles. The summed E-state index contributed by atoms with van der Waals surface area (Å²) in [5.41, 5.74) is 1.60. The number of rotatable bonds is 7. The summed E-state index contributed by atoms with van der Waals surface area (Å²) in [6.45, 7) is 5.06. The standard InChI is InChI=1S/C24H32N4O5S/c1-18-13-28(19(2)16-29)34(30,31)24-8-7-20(6-5-9-32-4)10-22(24)33-23(18)15-27(3)14-21-11-25-17-26-12-21/h7-8,10-12,17-19,23,29H,9,13-16H2,1-4H3/t18-,19-,23+/m1/s1. The van der Waals surface area contributed by atoms with Crippen molar-refractivity contribution in [2.75, 3.05) is 40.5 Å². The van der Waals surface area contributed by atoms with E-state index in [4.69, 9.17) is 9.47 Å². The van der Waals surface area contributed by atoms with Crippen molar-refractivity contribution in [2.45, 2.75) is 37.4 Å². The second-order valence-corrected chi connectivity index (χ2v) is 10.4. The Balaban J connectivity index is 1.97. The molecule has 1 N–H and O–H groups in total. The lowest BCUT2D eigenvalue weighted by molar-refractivity contribution is 0.0733. The number of benzene rings is 1. The quantitative estimate of drug-likeness (QED) is 0.583. The maximum absolute atomic E-state index is 13.5. The van der Waals surface area contributed by atoms with Crippen LogP contribution in [0.2, 0.25) is 0 Å². The van der Waals surface area contributed by atoms with Crippen LogP contribution in [0.3, 0.4) is 0 Å². The van der Waals surface area contributed by atoms with E-state index in [2.05, 4.69) is 26.7 Å². The molecule has 0 unspecified atom stereocenters. The van der Waals surface area contributed by atoms with E-state index < -0.39 is 16.1 Å². The summed E-state index contributed by atoms with van der Waals surface area (Å²) < 4.78 is 39.7. The van der Waals surface area contributed by atoms with Gasteiger partial charge in [-0.05, 0) is 32.2 Å². The summed E-state index contributed by atoms with van der Waals surface area (Å²) in [6, 6.07) is 4.27. The zero-order chi connectivity index (χ0) is 24.7. The molecule has 0 aliphatic carbocycles. The van der Waals surface area contributed by atoms with Gasteiger partial charge in [0.15, 0.2) is 0 Å². The third-order valence-electron chi connectivity index (χ3n) is 5.67. The Morgan fingerprint density at radius 3 is 2.76 bits per heavy atom. The van der Waals surface area contributed by atoms with Crippen molar-refractivity contribution in [1.82, 2.24) is 19.2 Å². The molecule has 1 aliphatic heterocycles. The normalized spacial score (nSPS) is 20.9. The van der Waals surface area contributed by atoms with Gasteiger partial charge in [0.2, 0.25) is 10.0 Å². The van der Waals surface area contributed by atoms with Gasteiger partial charge in [0.1, 0.15) is 29.7 Å². The second kappa shape index (κ2) is 11.7. The van der Waals surface area contributed by atoms with Gasteiger partial charge in [-0.3, -0.25) is 4.90 Å². The number of nitrogens with zero attached hydrogens (tertiary/aromatic N) is 4. The first-order valence-corrected chi connectivity index (χ1v) is 12.5. The van der Waals surface area contributed by atoms with Gasteiger partial charge in [-0.25, -0.2) is 18.4 Å². The van der Waals surface area contributed by atoms with E-state index in [1.165, 1.54) is 16.7 Å². The van der Waals surface area contributed by atoms with Gasteiger partial charge in [-0.2, -0.15) is 4.31 Å². The molecule has 2 heterocycles. The zero-order valence-corrected chi connectivity index (χ0v) is 20.8. The van der Waals surface area contributed by atoms with Crippen molar-refractivity contribution in [1.29, 1.82) is 0 Å². The van der Waals surface area contributed by atoms with Crippen LogP contribution in [0.25, 0.3) is 0 Å². The van der Waals surface area contributed by atoms with E-state index in [1.54, 1.807) is 38.6 Å². The first kappa shape index (κ1) is 26.1. The highest BCUT2D eigenvalue weighted by atomic mass is 32.2.